The van der Waals surface area contributed by atoms with Crippen LogP contribution < -0.4 is 0 Å². The Hall–Kier alpha value is -4.70. The number of ether oxygens (including phenoxy) is 4. The van der Waals surface area contributed by atoms with E-state index in [0.29, 0.717) is 22.5 Å². The van der Waals surface area contributed by atoms with Crippen LogP contribution in [0.1, 0.15) is 69.8 Å². The van der Waals surface area contributed by atoms with Crippen molar-refractivity contribution in [3.63, 3.8) is 0 Å². The Kier molecular flexibility index (Phi) is 11.6. The minimum atomic E-state index is -1.78. The van der Waals surface area contributed by atoms with Crippen molar-refractivity contribution in [3.05, 3.63) is 46.8 Å². The Balaban J connectivity index is 2.23. The molecule has 0 atom stereocenters. The van der Waals surface area contributed by atoms with Gasteiger partial charge in [0.2, 0.25) is 0 Å². The van der Waals surface area contributed by atoms with Crippen LogP contribution in [-0.4, -0.2) is 60.3 Å². The topological polar surface area (TPSA) is 131 Å². The second-order valence-corrected chi connectivity index (χ2v) is 10.1. The van der Waals surface area contributed by atoms with Crippen molar-refractivity contribution in [2.75, 3.05) is 26.4 Å². The predicted molar refractivity (Wildman–Crippen MR) is 161 cm³/mol. The van der Waals surface area contributed by atoms with Crippen LogP contribution in [0.4, 0.5) is 0 Å². The molecule has 0 N–H and O–H groups in total. The first-order valence-electron chi connectivity index (χ1n) is 14.7. The molecule has 2 aromatic heterocycles. The SMILES string of the molecule is CC#CCC(CC#Cc1nc(-c2ccccn2)c(C)c2c1CC(C(=O)OCC)(C(=O)OCC)C2)(C(=O)OCC)C(=O)OCC. The highest BCUT2D eigenvalue weighted by Crippen LogP contribution is 2.43. The summed E-state index contributed by atoms with van der Waals surface area (Å²) in [4.78, 5) is 62.3. The standard InChI is InChI=1S/C34H38N2O8/c1-7-12-18-33(29(37)41-8-2,30(38)42-9-3)19-15-17-26-25-22-34(31(39)43-10-4,32(40)44-11-5)21-24(25)23(6)28(36-26)27-16-13-14-20-35-27/h13-14,16,20H,8-11,18-19,21-22H2,1-6H3. The number of nitrogens with zero attached hydrogens (tertiary/aromatic N) is 2. The molecule has 0 unspecified atom stereocenters. The number of carbonyl (C=O) groups excluding carboxylic acids is 4. The second kappa shape index (κ2) is 15.2. The van der Waals surface area contributed by atoms with Crippen molar-refractivity contribution in [3.8, 4) is 35.1 Å². The Morgan fingerprint density at radius 2 is 1.41 bits per heavy atom. The van der Waals surface area contributed by atoms with Gasteiger partial charge in [0, 0.05) is 31.9 Å². The van der Waals surface area contributed by atoms with Crippen LogP contribution in [-0.2, 0) is 51.0 Å². The molecule has 10 nitrogen and oxygen atoms in total. The monoisotopic (exact) mass is 602 g/mol. The van der Waals surface area contributed by atoms with E-state index in [9.17, 15) is 19.2 Å². The quantitative estimate of drug-likeness (QED) is 0.161. The molecular formula is C34H38N2O8. The Morgan fingerprint density at radius 3 is 1.93 bits per heavy atom. The van der Waals surface area contributed by atoms with Crippen molar-refractivity contribution >= 4 is 23.9 Å². The Labute approximate surface area is 258 Å². The van der Waals surface area contributed by atoms with E-state index in [1.54, 1.807) is 52.9 Å². The van der Waals surface area contributed by atoms with Crippen molar-refractivity contribution in [2.24, 2.45) is 10.8 Å². The zero-order chi connectivity index (χ0) is 32.3. The van der Waals surface area contributed by atoms with Gasteiger partial charge >= 0.3 is 23.9 Å². The number of fused-ring (bicyclic) bond motifs is 1. The van der Waals surface area contributed by atoms with E-state index in [1.165, 1.54) is 0 Å². The van der Waals surface area contributed by atoms with Crippen molar-refractivity contribution in [1.82, 2.24) is 9.97 Å². The van der Waals surface area contributed by atoms with Crippen molar-refractivity contribution in [1.29, 1.82) is 0 Å². The highest BCUT2D eigenvalue weighted by molar-refractivity contribution is 6.02. The highest BCUT2D eigenvalue weighted by atomic mass is 16.6. The van der Waals surface area contributed by atoms with Crippen LogP contribution >= 0.6 is 0 Å². The fourth-order valence-electron chi connectivity index (χ4n) is 5.13. The molecule has 44 heavy (non-hydrogen) atoms. The molecular weight excluding hydrogens is 564 g/mol. The molecule has 232 valence electrons. The van der Waals surface area contributed by atoms with E-state index in [0.717, 1.165) is 5.56 Å². The minimum Gasteiger partial charge on any atom is -0.465 e. The molecule has 0 aromatic carbocycles. The molecule has 0 aliphatic heterocycles. The number of carbonyl (C=O) groups is 4. The third kappa shape index (κ3) is 6.75. The van der Waals surface area contributed by atoms with Gasteiger partial charge in [-0.15, -0.1) is 11.8 Å². The maximum absolute atomic E-state index is 13.3. The molecule has 0 spiro atoms. The first-order valence-corrected chi connectivity index (χ1v) is 14.7. The zero-order valence-corrected chi connectivity index (χ0v) is 26.1. The van der Waals surface area contributed by atoms with E-state index >= 15 is 0 Å². The lowest BCUT2D eigenvalue weighted by molar-refractivity contribution is -0.173. The predicted octanol–water partition coefficient (Wildman–Crippen LogP) is 3.93. The molecule has 3 rings (SSSR count). The first kappa shape index (κ1) is 33.8. The summed E-state index contributed by atoms with van der Waals surface area (Å²) >= 11 is 0. The van der Waals surface area contributed by atoms with Gasteiger partial charge in [-0.25, -0.2) is 4.98 Å². The van der Waals surface area contributed by atoms with E-state index in [4.69, 9.17) is 23.9 Å². The van der Waals surface area contributed by atoms with E-state index in [1.807, 2.05) is 13.0 Å². The molecule has 0 radical (unpaired) electrons. The molecule has 1 aliphatic rings. The molecule has 0 saturated heterocycles. The fourth-order valence-corrected chi connectivity index (χ4v) is 5.13. The smallest absolute Gasteiger partial charge is 0.325 e. The summed E-state index contributed by atoms with van der Waals surface area (Å²) in [5.74, 6) is 8.58. The lowest BCUT2D eigenvalue weighted by Gasteiger charge is -2.25. The second-order valence-electron chi connectivity index (χ2n) is 10.1. The molecule has 2 aromatic rings. The first-order chi connectivity index (χ1) is 21.1. The van der Waals surface area contributed by atoms with Gasteiger partial charge in [-0.05, 0) is 76.3 Å². The minimum absolute atomic E-state index is 0.0323. The van der Waals surface area contributed by atoms with Gasteiger partial charge in [0.05, 0.1) is 37.8 Å². The van der Waals surface area contributed by atoms with Gasteiger partial charge in [-0.2, -0.15) is 0 Å². The van der Waals surface area contributed by atoms with Crippen LogP contribution in [0.3, 0.4) is 0 Å². The number of hydrogen-bond donors (Lipinski definition) is 0. The van der Waals surface area contributed by atoms with Gasteiger partial charge in [0.1, 0.15) is 5.69 Å². The maximum Gasteiger partial charge on any atom is 0.325 e. The van der Waals surface area contributed by atoms with Crippen LogP contribution in [0, 0.1) is 41.4 Å². The summed E-state index contributed by atoms with van der Waals surface area (Å²) < 4.78 is 21.3. The number of pyridine rings is 2. The average Bonchev–Trinajstić information content (AvgIpc) is 3.44. The maximum atomic E-state index is 13.3. The van der Waals surface area contributed by atoms with Crippen molar-refractivity contribution in [2.45, 2.75) is 67.2 Å². The number of rotatable bonds is 11. The largest absolute Gasteiger partial charge is 0.465 e. The summed E-state index contributed by atoms with van der Waals surface area (Å²) in [6.07, 6.45) is 1.22. The summed E-state index contributed by atoms with van der Waals surface area (Å²) in [6.45, 7) is 10.4. The van der Waals surface area contributed by atoms with Gasteiger partial charge < -0.3 is 18.9 Å². The van der Waals surface area contributed by atoms with Crippen LogP contribution in [0.5, 0.6) is 0 Å². The Bertz CT molecular complexity index is 1490. The molecule has 10 heteroatoms. The van der Waals surface area contributed by atoms with Crippen LogP contribution in [0.2, 0.25) is 0 Å². The summed E-state index contributed by atoms with van der Waals surface area (Å²) in [6, 6.07) is 5.40. The average molecular weight is 603 g/mol. The van der Waals surface area contributed by atoms with E-state index in [2.05, 4.69) is 28.7 Å². The summed E-state index contributed by atoms with van der Waals surface area (Å²) in [5.41, 5.74) is 0.0276. The fraction of sp³-hybridized carbons (Fsp3) is 0.471. The lowest BCUT2D eigenvalue weighted by Crippen LogP contribution is -2.43. The van der Waals surface area contributed by atoms with Gasteiger partial charge in [0.15, 0.2) is 10.8 Å². The van der Waals surface area contributed by atoms with Gasteiger partial charge in [0.25, 0.3) is 0 Å². The molecule has 2 heterocycles. The van der Waals surface area contributed by atoms with Gasteiger partial charge in [-0.1, -0.05) is 12.0 Å². The van der Waals surface area contributed by atoms with Crippen molar-refractivity contribution < 1.29 is 38.1 Å². The Morgan fingerprint density at radius 1 is 0.841 bits per heavy atom. The number of aromatic nitrogens is 2. The van der Waals surface area contributed by atoms with E-state index in [-0.39, 0.29) is 57.8 Å². The zero-order valence-electron chi connectivity index (χ0n) is 26.1. The molecule has 1 aliphatic carbocycles. The third-order valence-corrected chi connectivity index (χ3v) is 7.37. The van der Waals surface area contributed by atoms with Crippen LogP contribution in [0.25, 0.3) is 11.4 Å². The molecule has 0 amide bonds. The number of esters is 4. The van der Waals surface area contributed by atoms with Gasteiger partial charge in [-0.3, -0.25) is 24.2 Å². The third-order valence-electron chi connectivity index (χ3n) is 7.37. The summed E-state index contributed by atoms with van der Waals surface area (Å²) in [7, 11) is 0. The van der Waals surface area contributed by atoms with E-state index < -0.39 is 34.7 Å². The molecule has 0 saturated carbocycles. The normalized spacial score (nSPS) is 12.9. The lowest BCUT2D eigenvalue weighted by atomic mass is 9.81. The molecule has 0 bridgehead atoms. The van der Waals surface area contributed by atoms with Crippen LogP contribution in [0.15, 0.2) is 24.4 Å². The highest BCUT2D eigenvalue weighted by Gasteiger charge is 2.54. The summed E-state index contributed by atoms with van der Waals surface area (Å²) in [5, 5.41) is 0. The molecule has 0 fully saturated rings. The number of hydrogen-bond acceptors (Lipinski definition) is 10.